The summed E-state index contributed by atoms with van der Waals surface area (Å²) in [6, 6.07) is 13.3. The Morgan fingerprint density at radius 1 is 1.14 bits per heavy atom. The third-order valence-electron chi connectivity index (χ3n) is 5.31. The first-order chi connectivity index (χ1) is 14.0. The van der Waals surface area contributed by atoms with E-state index >= 15 is 0 Å². The molecular formula is C23H24N4O2. The van der Waals surface area contributed by atoms with Crippen LogP contribution in [0.2, 0.25) is 0 Å². The van der Waals surface area contributed by atoms with Gasteiger partial charge in [0, 0.05) is 48.8 Å². The second kappa shape index (κ2) is 7.91. The van der Waals surface area contributed by atoms with Gasteiger partial charge >= 0.3 is 0 Å². The minimum atomic E-state index is -0.153. The number of imidazole rings is 1. The fourth-order valence-electron chi connectivity index (χ4n) is 3.67. The van der Waals surface area contributed by atoms with Crippen molar-refractivity contribution in [1.29, 1.82) is 0 Å². The number of aryl methyl sites for hydroxylation is 2. The molecule has 6 heteroatoms. The summed E-state index contributed by atoms with van der Waals surface area (Å²) in [5.74, 6) is 0.969. The molecule has 1 fully saturated rings. The van der Waals surface area contributed by atoms with Gasteiger partial charge in [-0.15, -0.1) is 0 Å². The molecule has 0 radical (unpaired) electrons. The van der Waals surface area contributed by atoms with E-state index in [0.717, 1.165) is 47.8 Å². The van der Waals surface area contributed by atoms with Crippen molar-refractivity contribution >= 4 is 23.2 Å². The minimum Gasteiger partial charge on any atom is -0.331 e. The molecular weight excluding hydrogens is 364 g/mol. The molecule has 0 saturated carbocycles. The van der Waals surface area contributed by atoms with Crippen LogP contribution in [0.25, 0.3) is 0 Å². The Morgan fingerprint density at radius 2 is 1.93 bits per heavy atom. The van der Waals surface area contributed by atoms with Crippen molar-refractivity contribution in [3.8, 4) is 0 Å². The molecule has 0 atom stereocenters. The van der Waals surface area contributed by atoms with E-state index in [9.17, 15) is 9.59 Å². The van der Waals surface area contributed by atoms with Gasteiger partial charge in [-0.05, 0) is 61.7 Å². The van der Waals surface area contributed by atoms with Crippen LogP contribution in [-0.2, 0) is 11.3 Å². The SMILES string of the molecule is Cc1cc(NC(=O)c2ccc(Cn3ccnc3C)cc2)ccc1N1CCCC1=O. The fourth-order valence-corrected chi connectivity index (χ4v) is 3.67. The van der Waals surface area contributed by atoms with Gasteiger partial charge in [0.1, 0.15) is 5.82 Å². The number of amides is 2. The second-order valence-corrected chi connectivity index (χ2v) is 7.40. The van der Waals surface area contributed by atoms with Gasteiger partial charge in [-0.1, -0.05) is 12.1 Å². The van der Waals surface area contributed by atoms with Crippen molar-refractivity contribution in [2.75, 3.05) is 16.8 Å². The monoisotopic (exact) mass is 388 g/mol. The Hall–Kier alpha value is -3.41. The summed E-state index contributed by atoms with van der Waals surface area (Å²) < 4.78 is 2.06. The van der Waals surface area contributed by atoms with Crippen molar-refractivity contribution < 1.29 is 9.59 Å². The molecule has 29 heavy (non-hydrogen) atoms. The van der Waals surface area contributed by atoms with E-state index in [1.165, 1.54) is 0 Å². The maximum absolute atomic E-state index is 12.6. The minimum absolute atomic E-state index is 0.153. The van der Waals surface area contributed by atoms with Gasteiger partial charge in [-0.2, -0.15) is 0 Å². The summed E-state index contributed by atoms with van der Waals surface area (Å²) in [4.78, 5) is 30.6. The van der Waals surface area contributed by atoms with Crippen molar-refractivity contribution in [2.45, 2.75) is 33.2 Å². The Labute approximate surface area is 170 Å². The summed E-state index contributed by atoms with van der Waals surface area (Å²) in [6.45, 7) is 5.41. The van der Waals surface area contributed by atoms with Gasteiger partial charge in [-0.25, -0.2) is 4.98 Å². The summed E-state index contributed by atoms with van der Waals surface area (Å²) in [5, 5.41) is 2.94. The lowest BCUT2D eigenvalue weighted by Gasteiger charge is -2.19. The lowest BCUT2D eigenvalue weighted by molar-refractivity contribution is -0.117. The van der Waals surface area contributed by atoms with Gasteiger partial charge in [0.2, 0.25) is 5.91 Å². The Kier molecular flexibility index (Phi) is 5.16. The highest BCUT2D eigenvalue weighted by atomic mass is 16.2. The number of hydrogen-bond donors (Lipinski definition) is 1. The maximum Gasteiger partial charge on any atom is 0.255 e. The van der Waals surface area contributed by atoms with Crippen LogP contribution in [-0.4, -0.2) is 27.9 Å². The molecule has 6 nitrogen and oxygen atoms in total. The number of carbonyl (C=O) groups excluding carboxylic acids is 2. The van der Waals surface area contributed by atoms with Gasteiger partial charge in [0.15, 0.2) is 0 Å². The zero-order valence-electron chi connectivity index (χ0n) is 16.7. The standard InChI is InChI=1S/C23H24N4O2/c1-16-14-20(9-10-21(16)27-12-3-4-22(27)28)25-23(29)19-7-5-18(6-8-19)15-26-13-11-24-17(26)2/h5-11,13-14H,3-4,12,15H2,1-2H3,(H,25,29). The highest BCUT2D eigenvalue weighted by Gasteiger charge is 2.23. The van der Waals surface area contributed by atoms with Crippen LogP contribution in [0.4, 0.5) is 11.4 Å². The molecule has 3 aromatic rings. The molecule has 0 aliphatic carbocycles. The van der Waals surface area contributed by atoms with E-state index in [4.69, 9.17) is 0 Å². The molecule has 1 aliphatic rings. The highest BCUT2D eigenvalue weighted by Crippen LogP contribution is 2.27. The van der Waals surface area contributed by atoms with Crippen LogP contribution in [0.1, 0.15) is 40.2 Å². The van der Waals surface area contributed by atoms with Gasteiger partial charge in [0.05, 0.1) is 0 Å². The number of nitrogens with one attached hydrogen (secondary N) is 1. The first-order valence-electron chi connectivity index (χ1n) is 9.80. The fraction of sp³-hybridized carbons (Fsp3) is 0.261. The number of hydrogen-bond acceptors (Lipinski definition) is 3. The van der Waals surface area contributed by atoms with E-state index in [0.29, 0.717) is 12.0 Å². The highest BCUT2D eigenvalue weighted by molar-refractivity contribution is 6.04. The van der Waals surface area contributed by atoms with Crippen LogP contribution < -0.4 is 10.2 Å². The zero-order chi connectivity index (χ0) is 20.4. The van der Waals surface area contributed by atoms with Crippen molar-refractivity contribution in [2.24, 2.45) is 0 Å². The Morgan fingerprint density at radius 3 is 2.55 bits per heavy atom. The largest absolute Gasteiger partial charge is 0.331 e. The van der Waals surface area contributed by atoms with E-state index < -0.39 is 0 Å². The van der Waals surface area contributed by atoms with Crippen molar-refractivity contribution in [1.82, 2.24) is 9.55 Å². The number of anilines is 2. The third kappa shape index (κ3) is 4.06. The normalized spacial score (nSPS) is 13.7. The van der Waals surface area contributed by atoms with Gasteiger partial charge < -0.3 is 14.8 Å². The first kappa shape index (κ1) is 18.9. The average Bonchev–Trinajstić information content (AvgIpc) is 3.31. The molecule has 1 N–H and O–H groups in total. The van der Waals surface area contributed by atoms with Crippen LogP contribution >= 0.6 is 0 Å². The van der Waals surface area contributed by atoms with E-state index in [2.05, 4.69) is 14.9 Å². The van der Waals surface area contributed by atoms with E-state index in [1.54, 1.807) is 6.20 Å². The molecule has 2 heterocycles. The predicted molar refractivity (Wildman–Crippen MR) is 113 cm³/mol. The molecule has 148 valence electrons. The maximum atomic E-state index is 12.6. The zero-order valence-corrected chi connectivity index (χ0v) is 16.7. The molecule has 2 aromatic carbocycles. The number of benzene rings is 2. The number of rotatable bonds is 5. The van der Waals surface area contributed by atoms with E-state index in [-0.39, 0.29) is 11.8 Å². The van der Waals surface area contributed by atoms with Crippen LogP contribution in [0.5, 0.6) is 0 Å². The predicted octanol–water partition coefficient (Wildman–Crippen LogP) is 3.93. The van der Waals surface area contributed by atoms with Crippen LogP contribution in [0, 0.1) is 13.8 Å². The van der Waals surface area contributed by atoms with Crippen LogP contribution in [0.3, 0.4) is 0 Å². The molecule has 1 saturated heterocycles. The number of carbonyl (C=O) groups is 2. The van der Waals surface area contributed by atoms with Crippen LogP contribution in [0.15, 0.2) is 54.9 Å². The summed E-state index contributed by atoms with van der Waals surface area (Å²) in [6.07, 6.45) is 5.23. The molecule has 1 aliphatic heterocycles. The third-order valence-corrected chi connectivity index (χ3v) is 5.31. The topological polar surface area (TPSA) is 67.2 Å². The second-order valence-electron chi connectivity index (χ2n) is 7.40. The molecule has 0 bridgehead atoms. The summed E-state index contributed by atoms with van der Waals surface area (Å²) >= 11 is 0. The molecule has 0 spiro atoms. The number of aromatic nitrogens is 2. The quantitative estimate of drug-likeness (QED) is 0.720. The molecule has 2 amide bonds. The lowest BCUT2D eigenvalue weighted by Crippen LogP contribution is -2.24. The molecule has 1 aromatic heterocycles. The Balaban J connectivity index is 1.43. The first-order valence-corrected chi connectivity index (χ1v) is 9.80. The van der Waals surface area contributed by atoms with Gasteiger partial charge in [-0.3, -0.25) is 9.59 Å². The van der Waals surface area contributed by atoms with Gasteiger partial charge in [0.25, 0.3) is 5.91 Å². The molecule has 4 rings (SSSR count). The number of nitrogens with zero attached hydrogens (tertiary/aromatic N) is 3. The average molecular weight is 388 g/mol. The summed E-state index contributed by atoms with van der Waals surface area (Å²) in [5.41, 5.74) is 4.33. The van der Waals surface area contributed by atoms with Crippen molar-refractivity contribution in [3.63, 3.8) is 0 Å². The summed E-state index contributed by atoms with van der Waals surface area (Å²) in [7, 11) is 0. The Bertz CT molecular complexity index is 1050. The molecule has 0 unspecified atom stereocenters. The lowest BCUT2D eigenvalue weighted by atomic mass is 10.1. The smallest absolute Gasteiger partial charge is 0.255 e. The van der Waals surface area contributed by atoms with Crippen molar-refractivity contribution in [3.05, 3.63) is 77.4 Å². The van der Waals surface area contributed by atoms with E-state index in [1.807, 2.05) is 67.4 Å².